The lowest BCUT2D eigenvalue weighted by molar-refractivity contribution is 0.373. The van der Waals surface area contributed by atoms with Crippen LogP contribution in [0.3, 0.4) is 0 Å². The van der Waals surface area contributed by atoms with Crippen molar-refractivity contribution in [1.29, 1.82) is 0 Å². The molecule has 1 saturated heterocycles. The summed E-state index contributed by atoms with van der Waals surface area (Å²) < 4.78 is 5.50. The minimum Gasteiger partial charge on any atom is -0.364 e. The Morgan fingerprint density at radius 2 is 2.33 bits per heavy atom. The predicted molar refractivity (Wildman–Crippen MR) is 47.4 cm³/mol. The maximum absolute atomic E-state index is 5.90. The average molecular weight is 181 g/mol. The first-order valence-corrected chi connectivity index (χ1v) is 4.66. The highest BCUT2D eigenvalue weighted by Gasteiger charge is 2.43. The normalized spacial score (nSPS) is 30.8. The predicted octanol–water partition coefficient (Wildman–Crippen LogP) is 2.73. The van der Waals surface area contributed by atoms with Crippen molar-refractivity contribution < 1.29 is 4.74 Å². The van der Waals surface area contributed by atoms with Crippen LogP contribution in [0.5, 0.6) is 0 Å². The molecule has 1 heterocycles. The van der Waals surface area contributed by atoms with E-state index in [1.807, 2.05) is 6.07 Å². The topological polar surface area (TPSA) is 12.5 Å². The third-order valence-electron chi connectivity index (χ3n) is 2.69. The molecule has 1 fully saturated rings. The van der Waals surface area contributed by atoms with E-state index in [2.05, 4.69) is 12.1 Å². The van der Waals surface area contributed by atoms with E-state index in [0.717, 1.165) is 17.9 Å². The van der Waals surface area contributed by atoms with Crippen molar-refractivity contribution in [3.63, 3.8) is 0 Å². The zero-order valence-corrected chi connectivity index (χ0v) is 7.34. The van der Waals surface area contributed by atoms with Crippen molar-refractivity contribution in [1.82, 2.24) is 0 Å². The maximum Gasteiger partial charge on any atom is 0.109 e. The van der Waals surface area contributed by atoms with Gasteiger partial charge in [-0.25, -0.2) is 0 Å². The molecule has 2 aliphatic rings. The van der Waals surface area contributed by atoms with E-state index in [4.69, 9.17) is 16.3 Å². The summed E-state index contributed by atoms with van der Waals surface area (Å²) in [5, 5.41) is 0.841. The van der Waals surface area contributed by atoms with Gasteiger partial charge in [-0.15, -0.1) is 0 Å². The van der Waals surface area contributed by atoms with Crippen molar-refractivity contribution in [2.75, 3.05) is 0 Å². The van der Waals surface area contributed by atoms with Crippen LogP contribution in [-0.2, 0) is 11.2 Å². The van der Waals surface area contributed by atoms with Gasteiger partial charge in [0.2, 0.25) is 0 Å². The van der Waals surface area contributed by atoms with Gasteiger partial charge in [0.25, 0.3) is 0 Å². The van der Waals surface area contributed by atoms with E-state index in [1.165, 1.54) is 11.1 Å². The van der Waals surface area contributed by atoms with Crippen LogP contribution in [-0.4, -0.2) is 6.10 Å². The fraction of sp³-hybridized carbons (Fsp3) is 0.400. The van der Waals surface area contributed by atoms with Crippen molar-refractivity contribution in [2.45, 2.75) is 25.0 Å². The number of hydrogen-bond acceptors (Lipinski definition) is 1. The molecule has 0 bridgehead atoms. The largest absolute Gasteiger partial charge is 0.364 e. The van der Waals surface area contributed by atoms with Gasteiger partial charge in [-0.2, -0.15) is 0 Å². The highest BCUT2D eigenvalue weighted by atomic mass is 35.5. The second-order valence-corrected chi connectivity index (χ2v) is 3.91. The molecule has 62 valence electrons. The number of benzene rings is 1. The number of hydrogen-bond donors (Lipinski definition) is 0. The van der Waals surface area contributed by atoms with Crippen LogP contribution in [0.4, 0.5) is 0 Å². The first-order chi connectivity index (χ1) is 5.84. The fourth-order valence-corrected chi connectivity index (χ4v) is 2.20. The molecule has 12 heavy (non-hydrogen) atoms. The van der Waals surface area contributed by atoms with Crippen LogP contribution in [0.2, 0.25) is 5.02 Å². The molecule has 2 atom stereocenters. The third kappa shape index (κ3) is 0.900. The number of aryl methyl sites for hydroxylation is 1. The summed E-state index contributed by atoms with van der Waals surface area (Å²) in [6.45, 7) is 0. The van der Waals surface area contributed by atoms with E-state index in [0.29, 0.717) is 12.2 Å². The van der Waals surface area contributed by atoms with Crippen molar-refractivity contribution in [3.8, 4) is 0 Å². The van der Waals surface area contributed by atoms with Gasteiger partial charge in [-0.3, -0.25) is 0 Å². The van der Waals surface area contributed by atoms with Gasteiger partial charge in [-0.1, -0.05) is 17.7 Å². The Kier molecular flexibility index (Phi) is 1.29. The van der Waals surface area contributed by atoms with Gasteiger partial charge in [0.05, 0.1) is 6.10 Å². The van der Waals surface area contributed by atoms with Crippen molar-refractivity contribution in [3.05, 3.63) is 34.3 Å². The summed E-state index contributed by atoms with van der Waals surface area (Å²) in [7, 11) is 0. The summed E-state index contributed by atoms with van der Waals surface area (Å²) in [5.41, 5.74) is 2.73. The Morgan fingerprint density at radius 3 is 3.25 bits per heavy atom. The van der Waals surface area contributed by atoms with Crippen LogP contribution < -0.4 is 0 Å². The molecular formula is C10H9ClO. The number of fused-ring (bicyclic) bond motifs is 3. The Morgan fingerprint density at radius 1 is 1.42 bits per heavy atom. The lowest BCUT2D eigenvalue weighted by Gasteiger charge is -2.11. The van der Waals surface area contributed by atoms with Gasteiger partial charge in [0.15, 0.2) is 0 Å². The van der Waals surface area contributed by atoms with Crippen LogP contribution in [0.1, 0.15) is 23.7 Å². The molecule has 0 N–H and O–H groups in total. The molecule has 1 aliphatic heterocycles. The van der Waals surface area contributed by atoms with Crippen LogP contribution in [0, 0.1) is 0 Å². The van der Waals surface area contributed by atoms with Gasteiger partial charge in [0.1, 0.15) is 6.10 Å². The summed E-state index contributed by atoms with van der Waals surface area (Å²) in [5.74, 6) is 0. The van der Waals surface area contributed by atoms with E-state index < -0.39 is 0 Å². The van der Waals surface area contributed by atoms with E-state index in [-0.39, 0.29) is 0 Å². The highest BCUT2D eigenvalue weighted by Crippen LogP contribution is 2.47. The van der Waals surface area contributed by atoms with Crippen molar-refractivity contribution >= 4 is 11.6 Å². The standard InChI is InChI=1S/C10H9ClO/c11-7-2-3-8-6(5-7)1-4-9-10(8)12-9/h2-3,5,9-10H,1,4H2. The molecule has 1 aromatic rings. The fourth-order valence-electron chi connectivity index (χ4n) is 2.00. The number of halogens is 1. The quantitative estimate of drug-likeness (QED) is 0.560. The molecule has 0 spiro atoms. The van der Waals surface area contributed by atoms with Gasteiger partial charge in [0, 0.05) is 5.02 Å². The molecule has 1 nitrogen and oxygen atoms in total. The first kappa shape index (κ1) is 6.93. The number of ether oxygens (including phenoxy) is 1. The SMILES string of the molecule is Clc1ccc2c(c1)CCC1OC21. The molecule has 0 saturated carbocycles. The molecule has 1 aromatic carbocycles. The van der Waals surface area contributed by atoms with Gasteiger partial charge >= 0.3 is 0 Å². The lowest BCUT2D eigenvalue weighted by Crippen LogP contribution is -2.03. The minimum absolute atomic E-state index is 0.394. The van der Waals surface area contributed by atoms with E-state index in [9.17, 15) is 0 Å². The molecule has 3 rings (SSSR count). The Hall–Kier alpha value is -0.530. The Labute approximate surface area is 76.3 Å². The summed E-state index contributed by atoms with van der Waals surface area (Å²) in [6.07, 6.45) is 3.19. The number of rotatable bonds is 0. The first-order valence-electron chi connectivity index (χ1n) is 4.28. The van der Waals surface area contributed by atoms with Gasteiger partial charge in [-0.05, 0) is 36.1 Å². The van der Waals surface area contributed by atoms with Crippen LogP contribution in [0.15, 0.2) is 18.2 Å². The Balaban J connectivity index is 2.12. The second-order valence-electron chi connectivity index (χ2n) is 3.48. The third-order valence-corrected chi connectivity index (χ3v) is 2.93. The smallest absolute Gasteiger partial charge is 0.109 e. The summed E-state index contributed by atoms with van der Waals surface area (Å²) in [4.78, 5) is 0. The molecule has 0 aromatic heterocycles. The van der Waals surface area contributed by atoms with Crippen molar-refractivity contribution in [2.24, 2.45) is 0 Å². The lowest BCUT2D eigenvalue weighted by atomic mass is 9.92. The molecule has 2 heteroatoms. The molecule has 1 aliphatic carbocycles. The summed E-state index contributed by atoms with van der Waals surface area (Å²) in [6, 6.07) is 6.11. The number of epoxide rings is 1. The Bertz CT molecular complexity index is 335. The maximum atomic E-state index is 5.90. The highest BCUT2D eigenvalue weighted by molar-refractivity contribution is 6.30. The van der Waals surface area contributed by atoms with Gasteiger partial charge < -0.3 is 4.74 Å². The van der Waals surface area contributed by atoms with E-state index >= 15 is 0 Å². The van der Waals surface area contributed by atoms with Crippen LogP contribution >= 0.6 is 11.6 Å². The zero-order chi connectivity index (χ0) is 8.13. The zero-order valence-electron chi connectivity index (χ0n) is 6.59. The summed E-state index contributed by atoms with van der Waals surface area (Å²) >= 11 is 5.90. The molecule has 0 radical (unpaired) electrons. The minimum atomic E-state index is 0.394. The monoisotopic (exact) mass is 180 g/mol. The molecule has 0 amide bonds. The second kappa shape index (κ2) is 2.24. The molecular weight excluding hydrogens is 172 g/mol. The van der Waals surface area contributed by atoms with Crippen LogP contribution in [0.25, 0.3) is 0 Å². The average Bonchev–Trinajstić information content (AvgIpc) is 2.82. The molecule has 2 unspecified atom stereocenters. The van der Waals surface area contributed by atoms with E-state index in [1.54, 1.807) is 0 Å².